The van der Waals surface area contributed by atoms with Crippen LogP contribution in [0, 0.1) is 12.8 Å². The van der Waals surface area contributed by atoms with Gasteiger partial charge in [-0.2, -0.15) is 0 Å². The molecule has 140 valence electrons. The number of anilines is 1. The Bertz CT molecular complexity index is 562. The monoisotopic (exact) mass is 351 g/mol. The summed E-state index contributed by atoms with van der Waals surface area (Å²) in [7, 11) is 0. The molecule has 0 unspecified atom stereocenters. The van der Waals surface area contributed by atoms with Gasteiger partial charge in [-0.3, -0.25) is 9.59 Å². The molecule has 1 aromatic heterocycles. The lowest BCUT2D eigenvalue weighted by molar-refractivity contribution is -0.895. The van der Waals surface area contributed by atoms with Crippen LogP contribution in [0.15, 0.2) is 10.6 Å². The fourth-order valence-corrected chi connectivity index (χ4v) is 3.38. The van der Waals surface area contributed by atoms with Crippen LogP contribution in [0.25, 0.3) is 0 Å². The molecular weight excluding hydrogens is 320 g/mol. The molecule has 1 heterocycles. The Balaban J connectivity index is 1.96. The van der Waals surface area contributed by atoms with E-state index in [0.717, 1.165) is 45.3 Å². The number of hydrogen-bond acceptors (Lipinski definition) is 4. The molecule has 0 bridgehead atoms. The van der Waals surface area contributed by atoms with Crippen molar-refractivity contribution in [1.82, 2.24) is 10.1 Å². The van der Waals surface area contributed by atoms with Gasteiger partial charge in [0, 0.05) is 12.0 Å². The molecule has 1 aliphatic carbocycles. The van der Waals surface area contributed by atoms with E-state index < -0.39 is 0 Å². The van der Waals surface area contributed by atoms with Crippen LogP contribution in [0.2, 0.25) is 0 Å². The molecule has 2 N–H and O–H groups in total. The minimum absolute atomic E-state index is 0.0714. The third kappa shape index (κ3) is 5.85. The number of nitrogens with one attached hydrogen (secondary N) is 2. The van der Waals surface area contributed by atoms with E-state index in [-0.39, 0.29) is 24.3 Å². The summed E-state index contributed by atoms with van der Waals surface area (Å²) < 4.78 is 4.96. The molecule has 1 fully saturated rings. The Morgan fingerprint density at radius 2 is 2.00 bits per heavy atom. The summed E-state index contributed by atoms with van der Waals surface area (Å²) in [5, 5.41) is 6.48. The first kappa shape index (κ1) is 19.4. The van der Waals surface area contributed by atoms with Gasteiger partial charge in [0.2, 0.25) is 11.8 Å². The summed E-state index contributed by atoms with van der Waals surface area (Å²) in [5.74, 6) is 1.00. The minimum Gasteiger partial charge on any atom is -0.360 e. The van der Waals surface area contributed by atoms with Crippen LogP contribution in [0.3, 0.4) is 0 Å². The summed E-state index contributed by atoms with van der Waals surface area (Å²) in [6, 6.07) is 1.67. The molecule has 1 aromatic rings. The number of aryl methyl sites for hydroxylation is 1. The summed E-state index contributed by atoms with van der Waals surface area (Å²) >= 11 is 0. The largest absolute Gasteiger partial charge is 0.360 e. The Hall–Kier alpha value is -1.89. The molecule has 0 spiro atoms. The van der Waals surface area contributed by atoms with Crippen molar-refractivity contribution in [2.24, 2.45) is 5.92 Å². The van der Waals surface area contributed by atoms with Crippen LogP contribution in [0.5, 0.6) is 0 Å². The number of aromatic nitrogens is 1. The van der Waals surface area contributed by atoms with Crippen LogP contribution in [-0.4, -0.2) is 54.6 Å². The van der Waals surface area contributed by atoms with E-state index >= 15 is 0 Å². The number of rotatable bonds is 9. The van der Waals surface area contributed by atoms with Gasteiger partial charge >= 0.3 is 0 Å². The van der Waals surface area contributed by atoms with Gasteiger partial charge in [0.1, 0.15) is 12.3 Å². The molecular formula is C18H31N4O3+. The Morgan fingerprint density at radius 1 is 1.32 bits per heavy atom. The Morgan fingerprint density at radius 3 is 2.56 bits per heavy atom. The molecule has 1 saturated carbocycles. The first-order chi connectivity index (χ1) is 12.0. The zero-order chi connectivity index (χ0) is 18.2. The maximum Gasteiger partial charge on any atom is 0.245 e. The highest BCUT2D eigenvalue weighted by atomic mass is 16.5. The van der Waals surface area contributed by atoms with Gasteiger partial charge in [0.05, 0.1) is 26.2 Å². The van der Waals surface area contributed by atoms with Crippen LogP contribution >= 0.6 is 0 Å². The summed E-state index contributed by atoms with van der Waals surface area (Å²) in [6.07, 6.45) is 4.10. The van der Waals surface area contributed by atoms with Crippen molar-refractivity contribution in [1.29, 1.82) is 0 Å². The Kier molecular flexibility index (Phi) is 7.43. The lowest BCUT2D eigenvalue weighted by Crippen LogP contribution is -3.12. The SMILES string of the molecule is CC[NH+](CC)CCN(CC(=O)Nc1cc(C)on1)C(=O)C1CCCC1. The van der Waals surface area contributed by atoms with Crippen molar-refractivity contribution in [2.75, 3.05) is 38.0 Å². The highest BCUT2D eigenvalue weighted by Crippen LogP contribution is 2.26. The van der Waals surface area contributed by atoms with E-state index in [1.165, 1.54) is 4.90 Å². The molecule has 0 atom stereocenters. The maximum absolute atomic E-state index is 12.8. The predicted octanol–water partition coefficient (Wildman–Crippen LogP) is 0.865. The highest BCUT2D eigenvalue weighted by molar-refractivity contribution is 5.94. The first-order valence-electron chi connectivity index (χ1n) is 9.39. The standard InChI is InChI=1S/C18H30N4O3/c1-4-21(5-2)10-11-22(18(24)15-8-6-7-9-15)13-17(23)19-16-12-14(3)25-20-16/h12,15H,4-11,13H2,1-3H3,(H,19,20,23)/p+1. The van der Waals surface area contributed by atoms with Crippen LogP contribution in [0.1, 0.15) is 45.3 Å². The molecule has 2 amide bonds. The van der Waals surface area contributed by atoms with Crippen LogP contribution < -0.4 is 10.2 Å². The number of carbonyl (C=O) groups excluding carboxylic acids is 2. The maximum atomic E-state index is 12.8. The van der Waals surface area contributed by atoms with E-state index in [4.69, 9.17) is 4.52 Å². The van der Waals surface area contributed by atoms with Crippen molar-refractivity contribution in [3.63, 3.8) is 0 Å². The van der Waals surface area contributed by atoms with E-state index in [1.54, 1.807) is 17.9 Å². The second kappa shape index (κ2) is 9.56. The first-order valence-corrected chi connectivity index (χ1v) is 9.39. The predicted molar refractivity (Wildman–Crippen MR) is 95.3 cm³/mol. The lowest BCUT2D eigenvalue weighted by Gasteiger charge is -2.26. The molecule has 0 saturated heterocycles. The van der Waals surface area contributed by atoms with Gasteiger partial charge in [-0.25, -0.2) is 0 Å². The fraction of sp³-hybridized carbons (Fsp3) is 0.722. The number of carbonyl (C=O) groups is 2. The average Bonchev–Trinajstić information content (AvgIpc) is 3.26. The van der Waals surface area contributed by atoms with Crippen molar-refractivity contribution < 1.29 is 19.0 Å². The summed E-state index contributed by atoms with van der Waals surface area (Å²) in [5.41, 5.74) is 0. The van der Waals surface area contributed by atoms with E-state index in [2.05, 4.69) is 24.3 Å². The molecule has 7 heteroatoms. The molecule has 2 rings (SSSR count). The lowest BCUT2D eigenvalue weighted by atomic mass is 10.1. The molecule has 0 aliphatic heterocycles. The second-order valence-electron chi connectivity index (χ2n) is 6.82. The third-order valence-electron chi connectivity index (χ3n) is 4.98. The quantitative estimate of drug-likeness (QED) is 0.692. The molecule has 1 aliphatic rings. The Labute approximate surface area is 149 Å². The topological polar surface area (TPSA) is 79.9 Å². The van der Waals surface area contributed by atoms with E-state index in [1.807, 2.05) is 0 Å². The summed E-state index contributed by atoms with van der Waals surface area (Å²) in [4.78, 5) is 28.3. The molecule has 0 radical (unpaired) electrons. The summed E-state index contributed by atoms with van der Waals surface area (Å²) in [6.45, 7) is 9.63. The number of quaternary nitrogens is 1. The van der Waals surface area contributed by atoms with E-state index in [9.17, 15) is 9.59 Å². The number of nitrogens with zero attached hydrogens (tertiary/aromatic N) is 2. The third-order valence-corrected chi connectivity index (χ3v) is 4.98. The van der Waals surface area contributed by atoms with Gasteiger partial charge < -0.3 is 19.6 Å². The second-order valence-corrected chi connectivity index (χ2v) is 6.82. The van der Waals surface area contributed by atoms with Gasteiger partial charge in [0.25, 0.3) is 0 Å². The zero-order valence-electron chi connectivity index (χ0n) is 15.6. The van der Waals surface area contributed by atoms with Crippen molar-refractivity contribution in [2.45, 2.75) is 46.5 Å². The van der Waals surface area contributed by atoms with Crippen LogP contribution in [-0.2, 0) is 9.59 Å². The molecule has 0 aromatic carbocycles. The van der Waals surface area contributed by atoms with Crippen LogP contribution in [0.4, 0.5) is 5.82 Å². The highest BCUT2D eigenvalue weighted by Gasteiger charge is 2.29. The minimum atomic E-state index is -0.228. The molecule has 7 nitrogen and oxygen atoms in total. The smallest absolute Gasteiger partial charge is 0.245 e. The van der Waals surface area contributed by atoms with Crippen molar-refractivity contribution in [3.05, 3.63) is 11.8 Å². The molecule has 25 heavy (non-hydrogen) atoms. The van der Waals surface area contributed by atoms with Crippen molar-refractivity contribution >= 4 is 17.6 Å². The number of likely N-dealkylation sites (N-methyl/N-ethyl adjacent to an activating group) is 1. The zero-order valence-corrected chi connectivity index (χ0v) is 15.6. The van der Waals surface area contributed by atoms with Gasteiger partial charge in [0.15, 0.2) is 5.82 Å². The normalized spacial score (nSPS) is 14.9. The van der Waals surface area contributed by atoms with Gasteiger partial charge in [-0.1, -0.05) is 18.0 Å². The number of hydrogen-bond donors (Lipinski definition) is 2. The van der Waals surface area contributed by atoms with Crippen molar-refractivity contribution in [3.8, 4) is 0 Å². The van der Waals surface area contributed by atoms with Gasteiger partial charge in [-0.15, -0.1) is 0 Å². The van der Waals surface area contributed by atoms with E-state index in [0.29, 0.717) is 18.1 Å². The fourth-order valence-electron chi connectivity index (χ4n) is 3.38. The average molecular weight is 351 g/mol. The van der Waals surface area contributed by atoms with Gasteiger partial charge in [-0.05, 0) is 33.6 Å². The number of amides is 2.